The van der Waals surface area contributed by atoms with Crippen molar-refractivity contribution < 1.29 is 4.79 Å². The molecule has 0 saturated heterocycles. The van der Waals surface area contributed by atoms with Crippen LogP contribution in [-0.2, 0) is 11.3 Å². The lowest BCUT2D eigenvalue weighted by molar-refractivity contribution is 0.564. The summed E-state index contributed by atoms with van der Waals surface area (Å²) in [5, 5.41) is 0. The zero-order valence-electron chi connectivity index (χ0n) is 10.8. The molecule has 94 valence electrons. The molecule has 2 aromatic carbocycles. The third-order valence-electron chi connectivity index (χ3n) is 3.68. The van der Waals surface area contributed by atoms with E-state index >= 15 is 0 Å². The largest absolute Gasteiger partial charge is 0.331 e. The number of nitrogens with zero attached hydrogens (tertiary/aromatic N) is 1. The van der Waals surface area contributed by atoms with Gasteiger partial charge in [0.05, 0.1) is 0 Å². The normalized spacial score (nSPS) is 17.2. The molecular formula is C17H15NO. The smallest absolute Gasteiger partial charge is 0.146 e. The van der Waals surface area contributed by atoms with E-state index in [-0.39, 0.29) is 5.92 Å². The van der Waals surface area contributed by atoms with Crippen molar-refractivity contribution in [3.8, 4) is 0 Å². The Hall–Kier alpha value is -2.31. The highest BCUT2D eigenvalue weighted by Crippen LogP contribution is 2.42. The summed E-state index contributed by atoms with van der Waals surface area (Å²) in [6.07, 6.45) is 0. The number of rotatable bonds is 2. The second kappa shape index (κ2) is 4.75. The van der Waals surface area contributed by atoms with Crippen LogP contribution in [0.2, 0.25) is 0 Å². The SMILES string of the molecule is CC1C(=C=O)N(Cc2ccccc2)c2ccccc21. The summed E-state index contributed by atoms with van der Waals surface area (Å²) in [4.78, 5) is 13.4. The van der Waals surface area contributed by atoms with Crippen molar-refractivity contribution in [3.05, 3.63) is 71.4 Å². The first kappa shape index (κ1) is 11.8. The van der Waals surface area contributed by atoms with Gasteiger partial charge in [0.25, 0.3) is 0 Å². The van der Waals surface area contributed by atoms with Gasteiger partial charge in [-0.15, -0.1) is 0 Å². The van der Waals surface area contributed by atoms with Crippen molar-refractivity contribution in [3.63, 3.8) is 0 Å². The number of para-hydroxylation sites is 1. The average Bonchev–Trinajstić information content (AvgIpc) is 2.73. The zero-order valence-corrected chi connectivity index (χ0v) is 10.8. The topological polar surface area (TPSA) is 20.3 Å². The first-order chi connectivity index (χ1) is 9.31. The number of benzene rings is 2. The van der Waals surface area contributed by atoms with Crippen LogP contribution in [0.15, 0.2) is 60.3 Å². The molecular weight excluding hydrogens is 234 g/mol. The van der Waals surface area contributed by atoms with Crippen molar-refractivity contribution in [2.75, 3.05) is 4.90 Å². The van der Waals surface area contributed by atoms with Crippen LogP contribution in [0.1, 0.15) is 24.0 Å². The van der Waals surface area contributed by atoms with Crippen LogP contribution in [0, 0.1) is 0 Å². The molecule has 2 nitrogen and oxygen atoms in total. The van der Waals surface area contributed by atoms with E-state index in [0.717, 1.165) is 11.4 Å². The summed E-state index contributed by atoms with van der Waals surface area (Å²) in [5.41, 5.74) is 4.25. The third kappa shape index (κ3) is 1.96. The van der Waals surface area contributed by atoms with Gasteiger partial charge in [-0.3, -0.25) is 0 Å². The summed E-state index contributed by atoms with van der Waals surface area (Å²) in [6.45, 7) is 2.77. The summed E-state index contributed by atoms with van der Waals surface area (Å²) in [6, 6.07) is 18.4. The second-order valence-electron chi connectivity index (χ2n) is 4.84. The molecule has 1 unspecified atom stereocenters. The molecule has 2 aromatic rings. The number of allylic oxidation sites excluding steroid dienone is 1. The number of anilines is 1. The van der Waals surface area contributed by atoms with Gasteiger partial charge in [0.2, 0.25) is 0 Å². The van der Waals surface area contributed by atoms with E-state index in [1.165, 1.54) is 11.1 Å². The molecule has 0 aliphatic carbocycles. The fourth-order valence-electron chi connectivity index (χ4n) is 2.69. The van der Waals surface area contributed by atoms with E-state index in [9.17, 15) is 4.79 Å². The number of hydrogen-bond donors (Lipinski definition) is 0. The Kier molecular flexibility index (Phi) is 2.94. The Morgan fingerprint density at radius 3 is 2.47 bits per heavy atom. The summed E-state index contributed by atoms with van der Waals surface area (Å²) >= 11 is 0. The van der Waals surface area contributed by atoms with Crippen LogP contribution >= 0.6 is 0 Å². The van der Waals surface area contributed by atoms with Gasteiger partial charge in [-0.2, -0.15) is 0 Å². The first-order valence-corrected chi connectivity index (χ1v) is 6.46. The lowest BCUT2D eigenvalue weighted by Gasteiger charge is -2.20. The highest BCUT2D eigenvalue weighted by Gasteiger charge is 2.31. The van der Waals surface area contributed by atoms with Crippen LogP contribution < -0.4 is 4.90 Å². The molecule has 1 heterocycles. The van der Waals surface area contributed by atoms with Crippen LogP contribution in [0.4, 0.5) is 5.69 Å². The first-order valence-electron chi connectivity index (χ1n) is 6.46. The maximum Gasteiger partial charge on any atom is 0.146 e. The fraction of sp³-hybridized carbons (Fsp3) is 0.176. The number of carbonyl (C=O) groups excluding carboxylic acids is 1. The monoisotopic (exact) mass is 249 g/mol. The Morgan fingerprint density at radius 1 is 1.05 bits per heavy atom. The molecule has 0 spiro atoms. The van der Waals surface area contributed by atoms with E-state index in [4.69, 9.17) is 0 Å². The van der Waals surface area contributed by atoms with Crippen molar-refractivity contribution in [2.24, 2.45) is 0 Å². The van der Waals surface area contributed by atoms with Crippen molar-refractivity contribution in [2.45, 2.75) is 19.4 Å². The van der Waals surface area contributed by atoms with Crippen molar-refractivity contribution in [1.82, 2.24) is 0 Å². The van der Waals surface area contributed by atoms with Gasteiger partial charge < -0.3 is 4.90 Å². The molecule has 0 radical (unpaired) electrons. The Bertz CT molecular complexity index is 641. The minimum Gasteiger partial charge on any atom is -0.331 e. The molecule has 0 bridgehead atoms. The van der Waals surface area contributed by atoms with Crippen LogP contribution in [-0.4, -0.2) is 5.94 Å². The standard InChI is InChI=1S/C17H15NO/c1-13-15-9-5-6-10-16(15)18(17(13)12-19)11-14-7-3-2-4-8-14/h2-10,13H,11H2,1H3. The molecule has 2 heteroatoms. The second-order valence-corrected chi connectivity index (χ2v) is 4.84. The molecule has 1 atom stereocenters. The van der Waals surface area contributed by atoms with Crippen LogP contribution in [0.25, 0.3) is 0 Å². The van der Waals surface area contributed by atoms with Crippen LogP contribution in [0.3, 0.4) is 0 Å². The van der Waals surface area contributed by atoms with E-state index in [2.05, 4.69) is 42.0 Å². The Balaban J connectivity index is 2.02. The lowest BCUT2D eigenvalue weighted by Crippen LogP contribution is -2.19. The van der Waals surface area contributed by atoms with Gasteiger partial charge in [0, 0.05) is 18.2 Å². The lowest BCUT2D eigenvalue weighted by atomic mass is 10.0. The molecule has 0 fully saturated rings. The van der Waals surface area contributed by atoms with Gasteiger partial charge in [-0.1, -0.05) is 55.5 Å². The van der Waals surface area contributed by atoms with Crippen molar-refractivity contribution >= 4 is 11.6 Å². The maximum absolute atomic E-state index is 11.3. The molecule has 0 amide bonds. The van der Waals surface area contributed by atoms with Gasteiger partial charge >= 0.3 is 0 Å². The van der Waals surface area contributed by atoms with Crippen LogP contribution in [0.5, 0.6) is 0 Å². The average molecular weight is 249 g/mol. The van der Waals surface area contributed by atoms with E-state index in [1.807, 2.05) is 30.3 Å². The van der Waals surface area contributed by atoms with E-state index < -0.39 is 0 Å². The fourth-order valence-corrected chi connectivity index (χ4v) is 2.69. The molecule has 0 saturated carbocycles. The number of hydrogen-bond acceptors (Lipinski definition) is 2. The maximum atomic E-state index is 11.3. The summed E-state index contributed by atoms with van der Waals surface area (Å²) in [7, 11) is 0. The quantitative estimate of drug-likeness (QED) is 0.759. The molecule has 19 heavy (non-hydrogen) atoms. The van der Waals surface area contributed by atoms with Gasteiger partial charge in [-0.05, 0) is 17.2 Å². The zero-order chi connectivity index (χ0) is 13.2. The molecule has 0 N–H and O–H groups in total. The highest BCUT2D eigenvalue weighted by molar-refractivity contribution is 5.76. The summed E-state index contributed by atoms with van der Waals surface area (Å²) in [5.74, 6) is 2.25. The molecule has 1 aliphatic rings. The predicted molar refractivity (Wildman–Crippen MR) is 76.7 cm³/mol. The third-order valence-corrected chi connectivity index (χ3v) is 3.68. The Morgan fingerprint density at radius 2 is 1.74 bits per heavy atom. The van der Waals surface area contributed by atoms with E-state index in [1.54, 1.807) is 0 Å². The minimum absolute atomic E-state index is 0.123. The predicted octanol–water partition coefficient (Wildman–Crippen LogP) is 3.53. The van der Waals surface area contributed by atoms with Gasteiger partial charge in [0.1, 0.15) is 11.6 Å². The molecule has 3 rings (SSSR count). The minimum atomic E-state index is 0.123. The number of fused-ring (bicyclic) bond motifs is 1. The Labute approximate surface area is 113 Å². The van der Waals surface area contributed by atoms with Gasteiger partial charge in [0.15, 0.2) is 0 Å². The molecule has 1 aliphatic heterocycles. The van der Waals surface area contributed by atoms with Gasteiger partial charge in [-0.25, -0.2) is 4.79 Å². The summed E-state index contributed by atoms with van der Waals surface area (Å²) < 4.78 is 0. The highest BCUT2D eigenvalue weighted by atomic mass is 16.1. The van der Waals surface area contributed by atoms with Crippen molar-refractivity contribution in [1.29, 1.82) is 0 Å². The van der Waals surface area contributed by atoms with E-state index in [0.29, 0.717) is 6.54 Å². The molecule has 0 aromatic heterocycles.